The van der Waals surface area contributed by atoms with Crippen LogP contribution in [0.3, 0.4) is 0 Å². The zero-order valence-electron chi connectivity index (χ0n) is 14.2. The molecule has 1 aliphatic heterocycles. The molecule has 3 heterocycles. The van der Waals surface area contributed by atoms with Crippen molar-refractivity contribution < 1.29 is 4.79 Å². The van der Waals surface area contributed by atoms with Gasteiger partial charge < -0.3 is 5.32 Å². The van der Waals surface area contributed by atoms with E-state index in [0.29, 0.717) is 15.1 Å². The highest BCUT2D eigenvalue weighted by Gasteiger charge is 2.25. The average Bonchev–Trinajstić information content (AvgIpc) is 3.15. The lowest BCUT2D eigenvalue weighted by molar-refractivity contribution is 0.0926. The summed E-state index contributed by atoms with van der Waals surface area (Å²) in [5.41, 5.74) is 0.808. The van der Waals surface area contributed by atoms with E-state index >= 15 is 0 Å². The number of hydrogen-bond acceptors (Lipinski definition) is 4. The van der Waals surface area contributed by atoms with Gasteiger partial charge in [0.2, 0.25) is 0 Å². The van der Waals surface area contributed by atoms with Crippen LogP contribution in [0.2, 0.25) is 0 Å². The Morgan fingerprint density at radius 3 is 2.79 bits per heavy atom. The summed E-state index contributed by atoms with van der Waals surface area (Å²) < 4.78 is 1.77. The number of nitrogens with zero attached hydrogens (tertiary/aromatic N) is 2. The minimum atomic E-state index is -0.0420. The van der Waals surface area contributed by atoms with Gasteiger partial charge in [-0.15, -0.1) is 11.3 Å². The molecule has 0 saturated heterocycles. The van der Waals surface area contributed by atoms with E-state index in [1.54, 1.807) is 4.57 Å². The fourth-order valence-electron chi connectivity index (χ4n) is 3.95. The zero-order chi connectivity index (χ0) is 16.8. The Balaban J connectivity index is 1.65. The Morgan fingerprint density at radius 2 is 2.04 bits per heavy atom. The van der Waals surface area contributed by atoms with Crippen molar-refractivity contribution in [2.24, 2.45) is 5.92 Å². The predicted octanol–water partition coefficient (Wildman–Crippen LogP) is 3.02. The number of carbonyl (C=O) groups is 1. The van der Waals surface area contributed by atoms with E-state index in [4.69, 9.17) is 0 Å². The summed E-state index contributed by atoms with van der Waals surface area (Å²) in [5.74, 6) is 1.58. The number of rotatable bonds is 2. The molecule has 24 heavy (non-hydrogen) atoms. The number of aryl methyl sites for hydroxylation is 2. The summed E-state index contributed by atoms with van der Waals surface area (Å²) in [4.78, 5) is 31.4. The van der Waals surface area contributed by atoms with Crippen LogP contribution in [-0.2, 0) is 13.0 Å². The lowest BCUT2D eigenvalue weighted by atomic mass is 9.87. The van der Waals surface area contributed by atoms with Crippen molar-refractivity contribution in [2.75, 3.05) is 0 Å². The summed E-state index contributed by atoms with van der Waals surface area (Å²) in [6.45, 7) is 4.89. The maximum atomic E-state index is 12.7. The molecule has 1 N–H and O–H groups in total. The topological polar surface area (TPSA) is 64.0 Å². The lowest BCUT2D eigenvalue weighted by Crippen LogP contribution is -2.37. The smallest absolute Gasteiger partial charge is 0.262 e. The molecule has 4 rings (SSSR count). The highest BCUT2D eigenvalue weighted by molar-refractivity contribution is 7.20. The first kappa shape index (κ1) is 15.8. The maximum absolute atomic E-state index is 12.7. The van der Waals surface area contributed by atoms with Gasteiger partial charge in [-0.05, 0) is 50.5 Å². The zero-order valence-corrected chi connectivity index (χ0v) is 15.0. The molecule has 0 aromatic carbocycles. The van der Waals surface area contributed by atoms with E-state index in [-0.39, 0.29) is 17.5 Å². The normalized spacial score (nSPS) is 23.4. The second-order valence-corrected chi connectivity index (χ2v) is 8.25. The van der Waals surface area contributed by atoms with Gasteiger partial charge in [0.1, 0.15) is 10.7 Å². The number of fused-ring (bicyclic) bond motifs is 2. The number of nitrogens with one attached hydrogen (secondary N) is 1. The third-order valence-electron chi connectivity index (χ3n) is 5.47. The van der Waals surface area contributed by atoms with Crippen molar-refractivity contribution >= 4 is 27.5 Å². The van der Waals surface area contributed by atoms with Crippen molar-refractivity contribution in [3.63, 3.8) is 0 Å². The van der Waals surface area contributed by atoms with E-state index in [9.17, 15) is 9.59 Å². The molecule has 5 nitrogen and oxygen atoms in total. The van der Waals surface area contributed by atoms with E-state index in [1.165, 1.54) is 24.2 Å². The number of carbonyl (C=O) groups excluding carboxylic acids is 1. The molecule has 0 bridgehead atoms. The molecular weight excluding hydrogens is 322 g/mol. The fraction of sp³-hybridized carbons (Fsp3) is 0.611. The predicted molar refractivity (Wildman–Crippen MR) is 95.8 cm³/mol. The average molecular weight is 345 g/mol. The number of thiophene rings is 1. The second-order valence-electron chi connectivity index (χ2n) is 7.25. The fourth-order valence-corrected chi connectivity index (χ4v) is 5.04. The minimum Gasteiger partial charge on any atom is -0.349 e. The monoisotopic (exact) mass is 345 g/mol. The van der Waals surface area contributed by atoms with Crippen LogP contribution in [0.1, 0.15) is 60.1 Å². The van der Waals surface area contributed by atoms with Gasteiger partial charge in [-0.3, -0.25) is 14.2 Å². The Bertz CT molecular complexity index is 859. The first-order valence-corrected chi connectivity index (χ1v) is 9.70. The van der Waals surface area contributed by atoms with Crippen LogP contribution in [0.25, 0.3) is 10.2 Å². The van der Waals surface area contributed by atoms with E-state index in [2.05, 4.69) is 17.2 Å². The largest absolute Gasteiger partial charge is 0.349 e. The maximum Gasteiger partial charge on any atom is 0.262 e. The summed E-state index contributed by atoms with van der Waals surface area (Å²) >= 11 is 1.36. The van der Waals surface area contributed by atoms with Gasteiger partial charge in [0.25, 0.3) is 11.5 Å². The molecular formula is C18H23N3O2S. The highest BCUT2D eigenvalue weighted by atomic mass is 32.1. The molecule has 2 aromatic rings. The molecule has 6 heteroatoms. The van der Waals surface area contributed by atoms with Crippen LogP contribution < -0.4 is 10.9 Å². The van der Waals surface area contributed by atoms with Crippen molar-refractivity contribution in [2.45, 2.75) is 65.0 Å². The molecule has 128 valence electrons. The summed E-state index contributed by atoms with van der Waals surface area (Å²) in [6.07, 6.45) is 6.27. The van der Waals surface area contributed by atoms with Gasteiger partial charge in [0.15, 0.2) is 0 Å². The molecule has 0 atom stereocenters. The van der Waals surface area contributed by atoms with Crippen molar-refractivity contribution in [3.05, 3.63) is 26.6 Å². The van der Waals surface area contributed by atoms with Crippen LogP contribution in [0.5, 0.6) is 0 Å². The second kappa shape index (κ2) is 5.99. The molecule has 0 unspecified atom stereocenters. The number of aromatic nitrogens is 2. The molecule has 0 radical (unpaired) electrons. The molecule has 2 aromatic heterocycles. The Morgan fingerprint density at radius 1 is 1.29 bits per heavy atom. The van der Waals surface area contributed by atoms with Crippen molar-refractivity contribution in [3.8, 4) is 0 Å². The third-order valence-corrected chi connectivity index (χ3v) is 6.65. The Kier molecular flexibility index (Phi) is 3.95. The molecule has 1 saturated carbocycles. The quantitative estimate of drug-likeness (QED) is 0.910. The first-order chi connectivity index (χ1) is 11.5. The van der Waals surface area contributed by atoms with Crippen LogP contribution in [0.15, 0.2) is 4.79 Å². The minimum absolute atomic E-state index is 0.0202. The van der Waals surface area contributed by atoms with Gasteiger partial charge in [-0.2, -0.15) is 0 Å². The van der Waals surface area contributed by atoms with Crippen LogP contribution in [0.4, 0.5) is 0 Å². The van der Waals surface area contributed by atoms with Gasteiger partial charge in [-0.1, -0.05) is 6.92 Å². The van der Waals surface area contributed by atoms with E-state index < -0.39 is 0 Å². The van der Waals surface area contributed by atoms with Crippen molar-refractivity contribution in [1.29, 1.82) is 0 Å². The Labute approximate surface area is 145 Å². The molecule has 1 aliphatic carbocycles. The molecule has 1 amide bonds. The highest BCUT2D eigenvalue weighted by Crippen LogP contribution is 2.29. The van der Waals surface area contributed by atoms with Gasteiger partial charge in [0, 0.05) is 19.0 Å². The SMILES string of the molecule is Cc1c(C(=O)NC2CCC(C)CC2)sc2nc3n(c(=O)c12)CCC3. The van der Waals surface area contributed by atoms with Crippen molar-refractivity contribution in [1.82, 2.24) is 14.9 Å². The summed E-state index contributed by atoms with van der Waals surface area (Å²) in [7, 11) is 0. The van der Waals surface area contributed by atoms with Gasteiger partial charge in [0.05, 0.1) is 10.3 Å². The van der Waals surface area contributed by atoms with Gasteiger partial charge in [-0.25, -0.2) is 4.98 Å². The molecule has 0 spiro atoms. The van der Waals surface area contributed by atoms with E-state index in [0.717, 1.165) is 49.5 Å². The standard InChI is InChI=1S/C18H23N3O2S/c1-10-5-7-12(8-6-10)19-16(22)15-11(2)14-17(24-15)20-13-4-3-9-21(13)18(14)23/h10,12H,3-9H2,1-2H3,(H,19,22). The first-order valence-electron chi connectivity index (χ1n) is 8.88. The number of amides is 1. The summed E-state index contributed by atoms with van der Waals surface area (Å²) in [5, 5.41) is 3.80. The Hall–Kier alpha value is -1.69. The molecule has 1 fully saturated rings. The van der Waals surface area contributed by atoms with E-state index in [1.807, 2.05) is 6.92 Å². The third kappa shape index (κ3) is 2.57. The van der Waals surface area contributed by atoms with Gasteiger partial charge >= 0.3 is 0 Å². The van der Waals surface area contributed by atoms with Crippen LogP contribution in [0, 0.1) is 12.8 Å². The number of hydrogen-bond donors (Lipinski definition) is 1. The summed E-state index contributed by atoms with van der Waals surface area (Å²) in [6, 6.07) is 0.261. The van der Waals surface area contributed by atoms with Crippen LogP contribution in [-0.4, -0.2) is 21.5 Å². The molecule has 2 aliphatic rings. The van der Waals surface area contributed by atoms with Crippen LogP contribution >= 0.6 is 11.3 Å². The lowest BCUT2D eigenvalue weighted by Gasteiger charge is -2.26.